The lowest BCUT2D eigenvalue weighted by atomic mass is 10.0. The molecule has 0 bridgehead atoms. The summed E-state index contributed by atoms with van der Waals surface area (Å²) < 4.78 is 0. The van der Waals surface area contributed by atoms with Crippen molar-refractivity contribution >= 4 is 66.9 Å². The summed E-state index contributed by atoms with van der Waals surface area (Å²) in [4.78, 5) is 44.8. The van der Waals surface area contributed by atoms with Crippen LogP contribution in [-0.4, -0.2) is 68.6 Å². The van der Waals surface area contributed by atoms with Gasteiger partial charge in [0.2, 0.25) is 11.8 Å². The van der Waals surface area contributed by atoms with Crippen molar-refractivity contribution in [2.24, 2.45) is 5.92 Å². The van der Waals surface area contributed by atoms with Crippen molar-refractivity contribution in [3.05, 3.63) is 0 Å². The number of unbranched alkanes of at least 4 members (excludes halogenated alkanes) is 1. The number of carbonyl (C=O) groups excluding carboxylic acids is 2. The molecule has 12 heteroatoms. The molecule has 31 heavy (non-hydrogen) atoms. The van der Waals surface area contributed by atoms with Gasteiger partial charge in [0.1, 0.15) is 12.1 Å². The fourth-order valence-corrected chi connectivity index (χ4v) is 8.31. The Morgan fingerprint density at radius 2 is 1.19 bits per heavy atom. The fraction of sp³-hybridized carbons (Fsp3) is 0.789. The molecule has 0 aliphatic carbocycles. The highest BCUT2D eigenvalue weighted by atomic mass is 33.1. The normalized spacial score (nSPS) is 14.0. The molecule has 0 heterocycles. The van der Waals surface area contributed by atoms with Crippen LogP contribution in [0.25, 0.3) is 0 Å². The average molecular weight is 515 g/mol. The predicted molar refractivity (Wildman–Crippen MR) is 133 cm³/mol. The molecule has 0 rings (SSSR count). The molecule has 0 saturated heterocycles. The first-order valence-electron chi connectivity index (χ1n) is 10.0. The molecular weight excluding hydrogens is 480 g/mol. The summed E-state index contributed by atoms with van der Waals surface area (Å²) in [7, 11) is 6.00. The topological polar surface area (TPSA) is 133 Å². The van der Waals surface area contributed by atoms with E-state index in [9.17, 15) is 29.4 Å². The molecule has 0 unspecified atom stereocenters. The molecule has 0 aromatic heterocycles. The molecule has 0 saturated carbocycles. The second-order valence-corrected chi connectivity index (χ2v) is 12.7. The summed E-state index contributed by atoms with van der Waals surface area (Å²) in [6.45, 7) is 6.97. The largest absolute Gasteiger partial charge is 0.480 e. The van der Waals surface area contributed by atoms with Gasteiger partial charge in [-0.05, 0) is 12.3 Å². The highest BCUT2D eigenvalue weighted by Gasteiger charge is 2.21. The van der Waals surface area contributed by atoms with Crippen molar-refractivity contribution in [3.63, 3.8) is 0 Å². The van der Waals surface area contributed by atoms with E-state index in [1.807, 2.05) is 0 Å². The molecule has 4 N–H and O–H groups in total. The molecule has 8 nitrogen and oxygen atoms in total. The molecule has 0 aliphatic heterocycles. The zero-order valence-corrected chi connectivity index (χ0v) is 21.7. The molecule has 0 spiro atoms. The van der Waals surface area contributed by atoms with Gasteiger partial charge in [-0.3, -0.25) is 9.59 Å². The van der Waals surface area contributed by atoms with E-state index >= 15 is 0 Å². The number of amides is 2. The molecule has 2 amide bonds. The first kappa shape index (κ1) is 30.3. The first-order valence-corrected chi connectivity index (χ1v) is 14.9. The van der Waals surface area contributed by atoms with Crippen molar-refractivity contribution in [3.8, 4) is 0 Å². The third-order valence-electron chi connectivity index (χ3n) is 3.92. The second kappa shape index (κ2) is 17.8. The van der Waals surface area contributed by atoms with Gasteiger partial charge in [0.05, 0.1) is 0 Å². The van der Waals surface area contributed by atoms with Gasteiger partial charge in [-0.25, -0.2) is 9.59 Å². The van der Waals surface area contributed by atoms with E-state index in [1.165, 1.54) is 35.4 Å². The molecule has 0 aliphatic rings. The Morgan fingerprint density at radius 1 is 0.742 bits per heavy atom. The Morgan fingerprint density at radius 3 is 1.65 bits per heavy atom. The fourth-order valence-electron chi connectivity index (χ4n) is 2.37. The number of carboxylic acid groups (broad SMARTS) is 2. The van der Waals surface area contributed by atoms with Gasteiger partial charge >= 0.3 is 11.9 Å². The zero-order chi connectivity index (χ0) is 23.8. The number of rotatable bonds is 18. The molecule has 0 aromatic carbocycles. The van der Waals surface area contributed by atoms with Crippen LogP contribution >= 0.6 is 43.2 Å². The van der Waals surface area contributed by atoms with E-state index < -0.39 is 24.0 Å². The maximum Gasteiger partial charge on any atom is 0.327 e. The monoisotopic (exact) mass is 514 g/mol. The van der Waals surface area contributed by atoms with E-state index in [4.69, 9.17) is 0 Å². The maximum atomic E-state index is 11.3. The van der Waals surface area contributed by atoms with E-state index in [1.54, 1.807) is 21.6 Å². The minimum Gasteiger partial charge on any atom is -0.480 e. The van der Waals surface area contributed by atoms with Crippen LogP contribution in [0.5, 0.6) is 0 Å². The van der Waals surface area contributed by atoms with Gasteiger partial charge in [0, 0.05) is 36.4 Å². The number of hydrogen-bond donors (Lipinski definition) is 4. The highest BCUT2D eigenvalue weighted by Crippen LogP contribution is 2.36. The van der Waals surface area contributed by atoms with Gasteiger partial charge in [0.15, 0.2) is 0 Å². The van der Waals surface area contributed by atoms with Crippen LogP contribution in [0.2, 0.25) is 0 Å². The summed E-state index contributed by atoms with van der Waals surface area (Å²) in [6.07, 6.45) is 4.33. The molecule has 0 fully saturated rings. The van der Waals surface area contributed by atoms with Crippen LogP contribution in [-0.2, 0) is 19.2 Å². The Hall–Kier alpha value is -0.720. The van der Waals surface area contributed by atoms with Crippen molar-refractivity contribution < 1.29 is 29.4 Å². The average Bonchev–Trinajstić information content (AvgIpc) is 2.64. The van der Waals surface area contributed by atoms with Crippen molar-refractivity contribution in [1.82, 2.24) is 10.6 Å². The minimum absolute atomic E-state index is 0.265. The van der Waals surface area contributed by atoms with Crippen LogP contribution in [0, 0.1) is 5.92 Å². The number of aliphatic carboxylic acids is 2. The van der Waals surface area contributed by atoms with Crippen LogP contribution in [0.1, 0.15) is 53.4 Å². The molecule has 0 radical (unpaired) electrons. The van der Waals surface area contributed by atoms with Gasteiger partial charge in [-0.1, -0.05) is 76.3 Å². The zero-order valence-electron chi connectivity index (χ0n) is 18.4. The SMILES string of the molecule is CC(=O)N[C@@H](CSSC[C@H](CCCCC(C)C)SSC[C@H](NC(C)=O)C(=O)O)C(=O)O. The van der Waals surface area contributed by atoms with Gasteiger partial charge in [-0.2, -0.15) is 0 Å². The van der Waals surface area contributed by atoms with Crippen molar-refractivity contribution in [2.45, 2.75) is 70.7 Å². The standard InChI is InChI=1S/C19H34N2O6S4/c1-12(2)7-5-6-8-15(31-30-11-17(19(26)27)21-14(4)23)9-28-29-10-16(18(24)25)20-13(3)22/h12,15-17H,5-11H2,1-4H3,(H,20,22)(H,21,23)(H,24,25)(H,26,27)/t15-,16-,17-/m0/s1. The third-order valence-corrected chi connectivity index (χ3v) is 9.53. The summed E-state index contributed by atoms with van der Waals surface area (Å²) in [5.74, 6) is -0.905. The van der Waals surface area contributed by atoms with E-state index in [0.29, 0.717) is 5.92 Å². The second-order valence-electron chi connectivity index (χ2n) is 7.43. The molecule has 180 valence electrons. The number of hydrogen-bond acceptors (Lipinski definition) is 8. The van der Waals surface area contributed by atoms with Gasteiger partial charge < -0.3 is 20.8 Å². The lowest BCUT2D eigenvalue weighted by Gasteiger charge is -2.18. The Labute approximate surface area is 200 Å². The smallest absolute Gasteiger partial charge is 0.327 e. The van der Waals surface area contributed by atoms with E-state index in [2.05, 4.69) is 24.5 Å². The Balaban J connectivity index is 4.56. The number of carbonyl (C=O) groups is 4. The van der Waals surface area contributed by atoms with Crippen molar-refractivity contribution in [1.29, 1.82) is 0 Å². The van der Waals surface area contributed by atoms with Crippen LogP contribution in [0.3, 0.4) is 0 Å². The molecule has 0 aromatic rings. The first-order chi connectivity index (χ1) is 14.5. The summed E-state index contributed by atoms with van der Waals surface area (Å²) >= 11 is 0. The Bertz CT molecular complexity index is 580. The van der Waals surface area contributed by atoms with Gasteiger partial charge in [-0.15, -0.1) is 0 Å². The van der Waals surface area contributed by atoms with Crippen LogP contribution in [0.4, 0.5) is 0 Å². The number of carboxylic acids is 2. The minimum atomic E-state index is -1.06. The number of nitrogens with one attached hydrogen (secondary N) is 2. The van der Waals surface area contributed by atoms with Crippen molar-refractivity contribution in [2.75, 3.05) is 17.3 Å². The lowest BCUT2D eigenvalue weighted by Crippen LogP contribution is -2.41. The van der Waals surface area contributed by atoms with Crippen LogP contribution < -0.4 is 10.6 Å². The van der Waals surface area contributed by atoms with E-state index in [-0.39, 0.29) is 28.6 Å². The van der Waals surface area contributed by atoms with Crippen LogP contribution in [0.15, 0.2) is 0 Å². The molecular formula is C19H34N2O6S4. The highest BCUT2D eigenvalue weighted by molar-refractivity contribution is 8.78. The summed E-state index contributed by atoms with van der Waals surface area (Å²) in [6, 6.07) is -1.84. The van der Waals surface area contributed by atoms with Gasteiger partial charge in [0.25, 0.3) is 0 Å². The lowest BCUT2D eigenvalue weighted by molar-refractivity contribution is -0.141. The maximum absolute atomic E-state index is 11.3. The summed E-state index contributed by atoms with van der Waals surface area (Å²) in [5.41, 5.74) is 0. The van der Waals surface area contributed by atoms with E-state index in [0.717, 1.165) is 31.4 Å². The Kier molecular flexibility index (Phi) is 17.4. The quantitative estimate of drug-likeness (QED) is 0.159. The predicted octanol–water partition coefficient (Wildman–Crippen LogP) is 3.51. The molecule has 3 atom stereocenters. The third kappa shape index (κ3) is 17.5. The summed E-state index contributed by atoms with van der Waals surface area (Å²) in [5, 5.41) is 23.5.